The molecule has 6 nitrogen and oxygen atoms in total. The number of rotatable bonds is 8. The number of hydrogen-bond acceptors (Lipinski definition) is 4. The van der Waals surface area contributed by atoms with E-state index in [-0.39, 0.29) is 12.7 Å². The van der Waals surface area contributed by atoms with Crippen molar-refractivity contribution in [2.45, 2.75) is 26.4 Å². The van der Waals surface area contributed by atoms with Crippen LogP contribution >= 0.6 is 0 Å². The van der Waals surface area contributed by atoms with Crippen LogP contribution in [0.3, 0.4) is 0 Å². The van der Waals surface area contributed by atoms with Crippen LogP contribution in [0.25, 0.3) is 0 Å². The summed E-state index contributed by atoms with van der Waals surface area (Å²) in [6.07, 6.45) is 2.50. The second-order valence-corrected chi connectivity index (χ2v) is 5.87. The summed E-state index contributed by atoms with van der Waals surface area (Å²) in [5.74, 6) is 0.0945. The van der Waals surface area contributed by atoms with Crippen molar-refractivity contribution in [1.82, 2.24) is 10.9 Å². The van der Waals surface area contributed by atoms with Gasteiger partial charge in [-0.3, -0.25) is 20.4 Å². The van der Waals surface area contributed by atoms with Gasteiger partial charge in [0.15, 0.2) is 0 Å². The molecule has 27 heavy (non-hydrogen) atoms. The van der Waals surface area contributed by atoms with Crippen molar-refractivity contribution in [2.75, 3.05) is 6.61 Å². The Hall–Kier alpha value is -3.28. The van der Waals surface area contributed by atoms with Gasteiger partial charge in [0.25, 0.3) is 11.8 Å². The van der Waals surface area contributed by atoms with Crippen molar-refractivity contribution in [2.24, 2.45) is 0 Å². The highest BCUT2D eigenvalue weighted by Crippen LogP contribution is 2.18. The molecule has 0 bridgehead atoms. The first-order chi connectivity index (χ1) is 13.0. The van der Waals surface area contributed by atoms with Crippen molar-refractivity contribution in [1.29, 1.82) is 0 Å². The molecule has 2 N–H and O–H groups in total. The lowest BCUT2D eigenvalue weighted by molar-refractivity contribution is 0.0844. The number of ether oxygens (including phenoxy) is 2. The molecular formula is C21H24N2O4. The summed E-state index contributed by atoms with van der Waals surface area (Å²) >= 11 is 0. The van der Waals surface area contributed by atoms with Gasteiger partial charge in [-0.2, -0.15) is 0 Å². The largest absolute Gasteiger partial charge is 0.491 e. The van der Waals surface area contributed by atoms with Gasteiger partial charge in [0, 0.05) is 5.56 Å². The molecule has 2 aromatic rings. The maximum absolute atomic E-state index is 12.4. The molecule has 2 rings (SSSR count). The van der Waals surface area contributed by atoms with Gasteiger partial charge < -0.3 is 9.47 Å². The van der Waals surface area contributed by atoms with E-state index in [2.05, 4.69) is 17.4 Å². The maximum atomic E-state index is 12.4. The fraction of sp³-hybridized carbons (Fsp3) is 0.238. The number of hydrazine groups is 1. The molecule has 0 fully saturated rings. The summed E-state index contributed by atoms with van der Waals surface area (Å²) < 4.78 is 11.2. The minimum atomic E-state index is -0.477. The van der Waals surface area contributed by atoms with E-state index in [9.17, 15) is 9.59 Å². The molecule has 1 atom stereocenters. The summed E-state index contributed by atoms with van der Waals surface area (Å²) in [5, 5.41) is 0. The number of para-hydroxylation sites is 1. The number of benzene rings is 2. The summed E-state index contributed by atoms with van der Waals surface area (Å²) in [4.78, 5) is 24.7. The van der Waals surface area contributed by atoms with E-state index in [0.717, 1.165) is 6.42 Å². The molecule has 6 heteroatoms. The highest BCUT2D eigenvalue weighted by atomic mass is 16.5. The summed E-state index contributed by atoms with van der Waals surface area (Å²) in [6, 6.07) is 13.6. The smallest absolute Gasteiger partial charge is 0.273 e. The summed E-state index contributed by atoms with van der Waals surface area (Å²) in [6.45, 7) is 7.84. The molecule has 2 amide bonds. The molecule has 0 aliphatic rings. The highest BCUT2D eigenvalue weighted by Gasteiger charge is 2.14. The molecule has 0 saturated carbocycles. The lowest BCUT2D eigenvalue weighted by atomic mass is 10.2. The Morgan fingerprint density at radius 3 is 2.59 bits per heavy atom. The molecule has 0 heterocycles. The zero-order valence-corrected chi connectivity index (χ0v) is 15.5. The first-order valence-corrected chi connectivity index (χ1v) is 8.75. The van der Waals surface area contributed by atoms with Gasteiger partial charge in [0.1, 0.15) is 18.1 Å². The Labute approximate surface area is 159 Å². The Morgan fingerprint density at radius 2 is 1.85 bits per heavy atom. The zero-order valence-electron chi connectivity index (χ0n) is 15.5. The molecule has 2 aromatic carbocycles. The standard InChI is InChI=1S/C21H24N2O4/c1-4-13-26-19-12-7-6-11-18(19)21(25)23-22-20(24)16-9-8-10-17(14-16)27-15(3)5-2/h4,6-12,14-15H,1,5,13H2,2-3H3,(H,22,24)(H,23,25). The van der Waals surface area contributed by atoms with Crippen molar-refractivity contribution in [3.63, 3.8) is 0 Å². The van der Waals surface area contributed by atoms with E-state index in [1.165, 1.54) is 0 Å². The van der Waals surface area contributed by atoms with Gasteiger partial charge in [0.2, 0.25) is 0 Å². The van der Waals surface area contributed by atoms with Crippen LogP contribution in [-0.2, 0) is 0 Å². The molecule has 0 aliphatic carbocycles. The molecule has 0 aliphatic heterocycles. The van der Waals surface area contributed by atoms with Crippen molar-refractivity contribution in [3.8, 4) is 11.5 Å². The van der Waals surface area contributed by atoms with Crippen LogP contribution < -0.4 is 20.3 Å². The third-order valence-corrected chi connectivity index (χ3v) is 3.79. The third-order valence-electron chi connectivity index (χ3n) is 3.79. The van der Waals surface area contributed by atoms with E-state index in [0.29, 0.717) is 22.6 Å². The molecule has 142 valence electrons. The van der Waals surface area contributed by atoms with E-state index in [1.807, 2.05) is 13.8 Å². The number of amides is 2. The van der Waals surface area contributed by atoms with Gasteiger partial charge in [-0.15, -0.1) is 0 Å². The first kappa shape index (κ1) is 20.0. The topological polar surface area (TPSA) is 76.7 Å². The average Bonchev–Trinajstić information content (AvgIpc) is 2.70. The minimum absolute atomic E-state index is 0.0510. The molecule has 0 radical (unpaired) electrons. The molecular weight excluding hydrogens is 344 g/mol. The van der Waals surface area contributed by atoms with Gasteiger partial charge in [-0.1, -0.05) is 37.8 Å². The maximum Gasteiger partial charge on any atom is 0.273 e. The van der Waals surface area contributed by atoms with Crippen LogP contribution in [0, 0.1) is 0 Å². The summed E-state index contributed by atoms with van der Waals surface area (Å²) in [5.41, 5.74) is 5.50. The highest BCUT2D eigenvalue weighted by molar-refractivity contribution is 6.00. The van der Waals surface area contributed by atoms with E-state index < -0.39 is 11.8 Å². The zero-order chi connectivity index (χ0) is 19.6. The molecule has 1 unspecified atom stereocenters. The van der Waals surface area contributed by atoms with Gasteiger partial charge >= 0.3 is 0 Å². The molecule has 0 saturated heterocycles. The van der Waals surface area contributed by atoms with Crippen LogP contribution in [0.4, 0.5) is 0 Å². The SMILES string of the molecule is C=CCOc1ccccc1C(=O)NNC(=O)c1cccc(OC(C)CC)c1. The van der Waals surface area contributed by atoms with Crippen LogP contribution in [0.1, 0.15) is 41.0 Å². The van der Waals surface area contributed by atoms with Crippen LogP contribution in [0.2, 0.25) is 0 Å². The Balaban J connectivity index is 2.00. The predicted octanol–water partition coefficient (Wildman–Crippen LogP) is 3.50. The van der Waals surface area contributed by atoms with Crippen molar-refractivity contribution < 1.29 is 19.1 Å². The second-order valence-electron chi connectivity index (χ2n) is 5.87. The van der Waals surface area contributed by atoms with Crippen LogP contribution in [-0.4, -0.2) is 24.5 Å². The minimum Gasteiger partial charge on any atom is -0.491 e. The monoisotopic (exact) mass is 368 g/mol. The predicted molar refractivity (Wildman–Crippen MR) is 104 cm³/mol. The Bertz CT molecular complexity index is 804. The normalized spacial score (nSPS) is 11.2. The average molecular weight is 368 g/mol. The molecule has 0 aromatic heterocycles. The van der Waals surface area contributed by atoms with Gasteiger partial charge in [-0.05, 0) is 43.7 Å². The van der Waals surface area contributed by atoms with Crippen molar-refractivity contribution in [3.05, 3.63) is 72.3 Å². The fourth-order valence-electron chi connectivity index (χ4n) is 2.21. The van der Waals surface area contributed by atoms with Crippen molar-refractivity contribution >= 4 is 11.8 Å². The lowest BCUT2D eigenvalue weighted by Crippen LogP contribution is -2.41. The van der Waals surface area contributed by atoms with Crippen LogP contribution in [0.5, 0.6) is 11.5 Å². The first-order valence-electron chi connectivity index (χ1n) is 8.75. The van der Waals surface area contributed by atoms with Crippen LogP contribution in [0.15, 0.2) is 61.2 Å². The van der Waals surface area contributed by atoms with E-state index >= 15 is 0 Å². The Kier molecular flexibility index (Phi) is 7.43. The lowest BCUT2D eigenvalue weighted by Gasteiger charge is -2.14. The number of carbonyl (C=O) groups excluding carboxylic acids is 2. The summed E-state index contributed by atoms with van der Waals surface area (Å²) in [7, 11) is 0. The molecule has 0 spiro atoms. The quantitative estimate of drug-likeness (QED) is 0.552. The Morgan fingerprint density at radius 1 is 1.11 bits per heavy atom. The van der Waals surface area contributed by atoms with Gasteiger partial charge in [0.05, 0.1) is 11.7 Å². The third kappa shape index (κ3) is 5.88. The van der Waals surface area contributed by atoms with E-state index in [1.54, 1.807) is 54.6 Å². The fourth-order valence-corrected chi connectivity index (χ4v) is 2.21. The van der Waals surface area contributed by atoms with E-state index in [4.69, 9.17) is 9.47 Å². The number of nitrogens with one attached hydrogen (secondary N) is 2. The number of carbonyl (C=O) groups is 2. The second kappa shape index (κ2) is 10.0. The number of hydrogen-bond donors (Lipinski definition) is 2. The van der Waals surface area contributed by atoms with Gasteiger partial charge in [-0.25, -0.2) is 0 Å².